The molecule has 2 aromatic carbocycles. The van der Waals surface area contributed by atoms with Gasteiger partial charge in [-0.1, -0.05) is 59.6 Å². The van der Waals surface area contributed by atoms with E-state index in [0.717, 1.165) is 12.1 Å². The van der Waals surface area contributed by atoms with E-state index >= 15 is 0 Å². The van der Waals surface area contributed by atoms with Crippen molar-refractivity contribution in [1.82, 2.24) is 9.88 Å². The largest absolute Gasteiger partial charge is 0.322 e. The molecule has 1 heterocycles. The molecule has 0 aliphatic carbocycles. The summed E-state index contributed by atoms with van der Waals surface area (Å²) in [5.41, 5.74) is 2.60. The number of pyridine rings is 1. The monoisotopic (exact) mass is 399 g/mol. The number of carbonyl (C=O) groups excluding carboxylic acids is 1. The molecule has 1 aromatic heterocycles. The molecule has 0 bridgehead atoms. The topological polar surface area (TPSA) is 45.2 Å². The number of benzene rings is 2. The second kappa shape index (κ2) is 9.40. The molecule has 0 spiro atoms. The number of halogens is 2. The van der Waals surface area contributed by atoms with E-state index in [4.69, 9.17) is 23.2 Å². The number of hydrogen-bond acceptors (Lipinski definition) is 2. The zero-order valence-corrected chi connectivity index (χ0v) is 16.1. The molecule has 27 heavy (non-hydrogen) atoms. The van der Waals surface area contributed by atoms with Gasteiger partial charge in [0.25, 0.3) is 0 Å². The summed E-state index contributed by atoms with van der Waals surface area (Å²) in [5, 5.41) is 3.73. The predicted octanol–water partition coefficient (Wildman–Crippen LogP) is 5.67. The standard InChI is InChI=1S/C21H19Cl2N3O/c22-19-10-9-17(14-20(19)23)25-21(27)26(15-18-8-4-5-12-24-18)13-11-16-6-2-1-3-7-16/h1-10,12,14H,11,13,15H2,(H,25,27). The minimum absolute atomic E-state index is 0.213. The van der Waals surface area contributed by atoms with Crippen LogP contribution in [0.2, 0.25) is 10.0 Å². The molecule has 3 aromatic rings. The predicted molar refractivity (Wildman–Crippen MR) is 110 cm³/mol. The molecule has 0 saturated carbocycles. The smallest absolute Gasteiger partial charge is 0.318 e. The minimum Gasteiger partial charge on any atom is -0.318 e. The Labute approximate surface area is 168 Å². The third kappa shape index (κ3) is 5.71. The second-order valence-corrected chi connectivity index (χ2v) is 6.85. The van der Waals surface area contributed by atoms with E-state index < -0.39 is 0 Å². The van der Waals surface area contributed by atoms with Crippen molar-refractivity contribution in [2.45, 2.75) is 13.0 Å². The molecule has 0 aliphatic rings. The fraction of sp³-hybridized carbons (Fsp3) is 0.143. The van der Waals surface area contributed by atoms with Crippen LogP contribution in [0.5, 0.6) is 0 Å². The van der Waals surface area contributed by atoms with Gasteiger partial charge in [-0.2, -0.15) is 0 Å². The zero-order chi connectivity index (χ0) is 19.1. The lowest BCUT2D eigenvalue weighted by atomic mass is 10.1. The summed E-state index contributed by atoms with van der Waals surface area (Å²) < 4.78 is 0. The molecule has 0 atom stereocenters. The average Bonchev–Trinajstić information content (AvgIpc) is 2.69. The van der Waals surface area contributed by atoms with Gasteiger partial charge in [0.15, 0.2) is 0 Å². The molecule has 138 valence electrons. The lowest BCUT2D eigenvalue weighted by Gasteiger charge is -2.23. The van der Waals surface area contributed by atoms with Gasteiger partial charge in [0.2, 0.25) is 0 Å². The van der Waals surface area contributed by atoms with Crippen LogP contribution >= 0.6 is 23.2 Å². The van der Waals surface area contributed by atoms with E-state index in [1.165, 1.54) is 5.56 Å². The van der Waals surface area contributed by atoms with Gasteiger partial charge in [0.1, 0.15) is 0 Å². The van der Waals surface area contributed by atoms with E-state index in [-0.39, 0.29) is 6.03 Å². The zero-order valence-electron chi connectivity index (χ0n) is 14.6. The Morgan fingerprint density at radius 1 is 0.963 bits per heavy atom. The normalized spacial score (nSPS) is 10.4. The van der Waals surface area contributed by atoms with Gasteiger partial charge < -0.3 is 10.2 Å². The van der Waals surface area contributed by atoms with Crippen LogP contribution in [0.1, 0.15) is 11.3 Å². The highest BCUT2D eigenvalue weighted by molar-refractivity contribution is 6.42. The van der Waals surface area contributed by atoms with Crippen molar-refractivity contribution in [2.24, 2.45) is 0 Å². The van der Waals surface area contributed by atoms with Crippen LogP contribution in [-0.4, -0.2) is 22.5 Å². The number of hydrogen-bond donors (Lipinski definition) is 1. The summed E-state index contributed by atoms with van der Waals surface area (Å²) in [6, 6.07) is 20.5. The van der Waals surface area contributed by atoms with Gasteiger partial charge >= 0.3 is 6.03 Å². The number of nitrogens with one attached hydrogen (secondary N) is 1. The number of rotatable bonds is 6. The fourth-order valence-corrected chi connectivity index (χ4v) is 2.92. The lowest BCUT2D eigenvalue weighted by molar-refractivity contribution is 0.209. The first-order valence-electron chi connectivity index (χ1n) is 8.56. The Balaban J connectivity index is 1.72. The molecule has 3 rings (SSSR count). The number of urea groups is 1. The maximum Gasteiger partial charge on any atom is 0.322 e. The molecule has 6 heteroatoms. The fourth-order valence-electron chi connectivity index (χ4n) is 2.62. The van der Waals surface area contributed by atoms with E-state index in [9.17, 15) is 4.79 Å². The second-order valence-electron chi connectivity index (χ2n) is 6.04. The SMILES string of the molecule is O=C(Nc1ccc(Cl)c(Cl)c1)N(CCc1ccccc1)Cc1ccccn1. The van der Waals surface area contributed by atoms with Crippen LogP contribution in [0.15, 0.2) is 72.9 Å². The lowest BCUT2D eigenvalue weighted by Crippen LogP contribution is -2.36. The number of carbonyl (C=O) groups is 1. The summed E-state index contributed by atoms with van der Waals surface area (Å²) in [6.07, 6.45) is 2.48. The maximum absolute atomic E-state index is 12.8. The van der Waals surface area contributed by atoms with Gasteiger partial charge in [0.05, 0.1) is 22.3 Å². The van der Waals surface area contributed by atoms with Crippen LogP contribution in [0.25, 0.3) is 0 Å². The Morgan fingerprint density at radius 2 is 1.74 bits per heavy atom. The molecule has 0 fully saturated rings. The first-order chi connectivity index (χ1) is 13.1. The first-order valence-corrected chi connectivity index (χ1v) is 9.32. The van der Waals surface area contributed by atoms with Crippen LogP contribution in [-0.2, 0) is 13.0 Å². The Bertz CT molecular complexity index is 888. The number of anilines is 1. The number of aromatic nitrogens is 1. The van der Waals surface area contributed by atoms with Gasteiger partial charge in [0, 0.05) is 18.4 Å². The van der Waals surface area contributed by atoms with Crippen LogP contribution < -0.4 is 5.32 Å². The van der Waals surface area contributed by atoms with Crippen molar-refractivity contribution in [2.75, 3.05) is 11.9 Å². The summed E-state index contributed by atoms with van der Waals surface area (Å²) in [4.78, 5) is 18.9. The van der Waals surface area contributed by atoms with Crippen molar-refractivity contribution < 1.29 is 4.79 Å². The molecule has 4 nitrogen and oxygen atoms in total. The maximum atomic E-state index is 12.8. The Hall–Kier alpha value is -2.56. The molecular formula is C21H19Cl2N3O. The molecule has 0 saturated heterocycles. The van der Waals surface area contributed by atoms with Crippen molar-refractivity contribution >= 4 is 34.9 Å². The van der Waals surface area contributed by atoms with E-state index in [0.29, 0.717) is 28.8 Å². The van der Waals surface area contributed by atoms with Crippen LogP contribution in [0, 0.1) is 0 Å². The van der Waals surface area contributed by atoms with Crippen molar-refractivity contribution in [3.63, 3.8) is 0 Å². The molecule has 0 unspecified atom stereocenters. The van der Waals surface area contributed by atoms with Crippen molar-refractivity contribution in [1.29, 1.82) is 0 Å². The van der Waals surface area contributed by atoms with Gasteiger partial charge in [-0.25, -0.2) is 4.79 Å². The average molecular weight is 400 g/mol. The van der Waals surface area contributed by atoms with E-state index in [1.807, 2.05) is 36.4 Å². The van der Waals surface area contributed by atoms with Crippen LogP contribution in [0.3, 0.4) is 0 Å². The Kier molecular flexibility index (Phi) is 6.69. The van der Waals surface area contributed by atoms with Gasteiger partial charge in [-0.3, -0.25) is 4.98 Å². The third-order valence-electron chi connectivity index (χ3n) is 4.05. The Morgan fingerprint density at radius 3 is 2.44 bits per heavy atom. The molecule has 0 radical (unpaired) electrons. The van der Waals surface area contributed by atoms with Gasteiger partial charge in [-0.15, -0.1) is 0 Å². The van der Waals surface area contributed by atoms with Crippen molar-refractivity contribution in [3.05, 3.63) is 94.2 Å². The molecular weight excluding hydrogens is 381 g/mol. The number of nitrogens with zero attached hydrogens (tertiary/aromatic N) is 2. The molecule has 1 N–H and O–H groups in total. The van der Waals surface area contributed by atoms with Crippen LogP contribution in [0.4, 0.5) is 10.5 Å². The van der Waals surface area contributed by atoms with Crippen molar-refractivity contribution in [3.8, 4) is 0 Å². The van der Waals surface area contributed by atoms with E-state index in [1.54, 1.807) is 29.3 Å². The summed E-state index contributed by atoms with van der Waals surface area (Å²) in [7, 11) is 0. The first kappa shape index (κ1) is 19.2. The van der Waals surface area contributed by atoms with E-state index in [2.05, 4.69) is 22.4 Å². The summed E-state index contributed by atoms with van der Waals surface area (Å²) in [6.45, 7) is 0.981. The molecule has 2 amide bonds. The minimum atomic E-state index is -0.213. The quantitative estimate of drug-likeness (QED) is 0.580. The highest BCUT2D eigenvalue weighted by Crippen LogP contribution is 2.25. The summed E-state index contributed by atoms with van der Waals surface area (Å²) >= 11 is 12.0. The number of amides is 2. The van der Waals surface area contributed by atoms with Gasteiger partial charge in [-0.05, 0) is 42.3 Å². The third-order valence-corrected chi connectivity index (χ3v) is 4.79. The molecule has 0 aliphatic heterocycles. The summed E-state index contributed by atoms with van der Waals surface area (Å²) in [5.74, 6) is 0. The highest BCUT2D eigenvalue weighted by atomic mass is 35.5. The highest BCUT2D eigenvalue weighted by Gasteiger charge is 2.15.